The van der Waals surface area contributed by atoms with E-state index < -0.39 is 23.2 Å². The molecule has 8 atom stereocenters. The van der Waals surface area contributed by atoms with Gasteiger partial charge in [0.05, 0.1) is 18.8 Å². The number of aliphatic hydroxyl groups excluding tert-OH is 2. The normalized spacial score (nSPS) is 47.1. The molecule has 2 rings (SSSR count). The van der Waals surface area contributed by atoms with Crippen molar-refractivity contribution in [3.05, 3.63) is 0 Å². The van der Waals surface area contributed by atoms with Gasteiger partial charge in [0.1, 0.15) is 6.10 Å². The molecular formula is C21H38O5. The van der Waals surface area contributed by atoms with Gasteiger partial charge in [-0.25, -0.2) is 0 Å². The molecule has 0 radical (unpaired) electrons. The summed E-state index contributed by atoms with van der Waals surface area (Å²) in [7, 11) is 1.42. The van der Waals surface area contributed by atoms with Crippen molar-refractivity contribution < 1.29 is 24.9 Å². The fourth-order valence-electron chi connectivity index (χ4n) is 5.76. The zero-order valence-electron chi connectivity index (χ0n) is 17.3. The minimum atomic E-state index is -1.31. The Kier molecular flexibility index (Phi) is 6.16. The van der Waals surface area contributed by atoms with E-state index in [2.05, 4.69) is 27.7 Å². The Labute approximate surface area is 158 Å². The summed E-state index contributed by atoms with van der Waals surface area (Å²) in [6.07, 6.45) is 2.60. The van der Waals surface area contributed by atoms with Gasteiger partial charge in [0.15, 0.2) is 0 Å². The summed E-state index contributed by atoms with van der Waals surface area (Å²) < 4.78 is 4.78. The van der Waals surface area contributed by atoms with E-state index in [-0.39, 0.29) is 23.2 Å². The van der Waals surface area contributed by atoms with Gasteiger partial charge in [0.25, 0.3) is 0 Å². The molecule has 3 N–H and O–H groups in total. The van der Waals surface area contributed by atoms with E-state index in [0.29, 0.717) is 18.8 Å². The highest BCUT2D eigenvalue weighted by Crippen LogP contribution is 2.64. The van der Waals surface area contributed by atoms with Gasteiger partial charge in [-0.05, 0) is 62.2 Å². The Bertz CT molecular complexity index is 519. The van der Waals surface area contributed by atoms with Gasteiger partial charge in [-0.2, -0.15) is 0 Å². The number of hydrogen-bond acceptors (Lipinski definition) is 5. The van der Waals surface area contributed by atoms with Crippen LogP contribution in [0.4, 0.5) is 0 Å². The van der Waals surface area contributed by atoms with E-state index in [1.54, 1.807) is 6.92 Å². The highest BCUT2D eigenvalue weighted by Gasteiger charge is 2.64. The molecule has 0 aliphatic heterocycles. The lowest BCUT2D eigenvalue weighted by Crippen LogP contribution is -2.68. The third-order valence-corrected chi connectivity index (χ3v) is 8.28. The number of fused-ring (bicyclic) bond motifs is 1. The van der Waals surface area contributed by atoms with Crippen molar-refractivity contribution in [1.82, 2.24) is 0 Å². The lowest BCUT2D eigenvalue weighted by Gasteiger charge is -2.64. The topological polar surface area (TPSA) is 87.0 Å². The van der Waals surface area contributed by atoms with Crippen molar-refractivity contribution >= 4 is 5.97 Å². The van der Waals surface area contributed by atoms with Crippen molar-refractivity contribution in [2.24, 2.45) is 28.6 Å². The fraction of sp³-hybridized carbons (Fsp3) is 0.952. The minimum absolute atomic E-state index is 0.0531. The van der Waals surface area contributed by atoms with Crippen LogP contribution in [0.2, 0.25) is 0 Å². The van der Waals surface area contributed by atoms with Gasteiger partial charge >= 0.3 is 5.97 Å². The highest BCUT2D eigenvalue weighted by molar-refractivity contribution is 5.69. The van der Waals surface area contributed by atoms with Crippen LogP contribution in [0.3, 0.4) is 0 Å². The van der Waals surface area contributed by atoms with Gasteiger partial charge in [0.2, 0.25) is 0 Å². The van der Waals surface area contributed by atoms with Crippen LogP contribution in [0.15, 0.2) is 0 Å². The van der Waals surface area contributed by atoms with E-state index in [0.717, 1.165) is 25.7 Å². The van der Waals surface area contributed by atoms with Crippen LogP contribution >= 0.6 is 0 Å². The van der Waals surface area contributed by atoms with Crippen molar-refractivity contribution in [1.29, 1.82) is 0 Å². The smallest absolute Gasteiger partial charge is 0.305 e. The SMILES string of the molecule is COC(=O)C[C@H](C)CC[C@@]1(C)[C@H](C)CC[C@]2(C)[C@@H]1C[C@H](O)[C@@H](O)[C@]2(C)O. The Morgan fingerprint density at radius 3 is 2.46 bits per heavy atom. The quantitative estimate of drug-likeness (QED) is 0.648. The van der Waals surface area contributed by atoms with Crippen LogP contribution in [-0.2, 0) is 9.53 Å². The Balaban J connectivity index is 2.24. The summed E-state index contributed by atoms with van der Waals surface area (Å²) in [6, 6.07) is 0. The van der Waals surface area contributed by atoms with Crippen LogP contribution in [-0.4, -0.2) is 46.2 Å². The predicted octanol–water partition coefficient (Wildman–Crippen LogP) is 2.90. The molecule has 0 amide bonds. The van der Waals surface area contributed by atoms with E-state index in [1.807, 2.05) is 0 Å². The van der Waals surface area contributed by atoms with Gasteiger partial charge in [-0.15, -0.1) is 0 Å². The first kappa shape index (κ1) is 21.6. The van der Waals surface area contributed by atoms with Crippen LogP contribution in [0, 0.1) is 28.6 Å². The van der Waals surface area contributed by atoms with Gasteiger partial charge in [-0.3, -0.25) is 4.79 Å². The fourth-order valence-corrected chi connectivity index (χ4v) is 5.76. The van der Waals surface area contributed by atoms with Crippen LogP contribution < -0.4 is 0 Å². The summed E-state index contributed by atoms with van der Waals surface area (Å²) in [5, 5.41) is 32.0. The van der Waals surface area contributed by atoms with E-state index in [4.69, 9.17) is 4.74 Å². The largest absolute Gasteiger partial charge is 0.469 e. The average molecular weight is 371 g/mol. The second-order valence-electron chi connectivity index (χ2n) is 9.74. The third kappa shape index (κ3) is 3.43. The van der Waals surface area contributed by atoms with E-state index >= 15 is 0 Å². The van der Waals surface area contributed by atoms with Gasteiger partial charge in [-0.1, -0.05) is 27.7 Å². The average Bonchev–Trinajstić information content (AvgIpc) is 2.58. The van der Waals surface area contributed by atoms with Crippen molar-refractivity contribution in [3.63, 3.8) is 0 Å². The first-order chi connectivity index (χ1) is 11.9. The number of carbonyl (C=O) groups is 1. The molecule has 0 aromatic rings. The molecule has 152 valence electrons. The summed E-state index contributed by atoms with van der Waals surface area (Å²) >= 11 is 0. The number of methoxy groups -OCH3 is 1. The zero-order valence-corrected chi connectivity index (χ0v) is 17.3. The maximum atomic E-state index is 11.5. The van der Waals surface area contributed by atoms with Gasteiger partial charge < -0.3 is 20.1 Å². The molecule has 2 aliphatic carbocycles. The first-order valence-electron chi connectivity index (χ1n) is 10.1. The Morgan fingerprint density at radius 2 is 1.88 bits per heavy atom. The molecule has 2 aliphatic rings. The molecule has 26 heavy (non-hydrogen) atoms. The van der Waals surface area contributed by atoms with E-state index in [1.165, 1.54) is 7.11 Å². The molecule has 0 aromatic carbocycles. The number of aliphatic hydroxyl groups is 3. The number of hydrogen-bond donors (Lipinski definition) is 3. The van der Waals surface area contributed by atoms with Gasteiger partial charge in [0, 0.05) is 11.8 Å². The molecule has 0 saturated heterocycles. The van der Waals surface area contributed by atoms with E-state index in [9.17, 15) is 20.1 Å². The second-order valence-corrected chi connectivity index (χ2v) is 9.74. The lowest BCUT2D eigenvalue weighted by atomic mass is 9.42. The zero-order chi connectivity index (χ0) is 19.9. The minimum Gasteiger partial charge on any atom is -0.469 e. The molecule has 0 unspecified atom stereocenters. The standard InChI is InChI=1S/C21H38O5/c1-13(11-17(23)26-6)7-9-19(3)14(2)8-10-20(4)16(19)12-15(22)18(24)21(20,5)25/h13-16,18,22,24-25H,7-12H2,1-6H3/t13-,14-,15+,16-,18-,19+,20-,21+/m1/s1. The molecule has 0 heterocycles. The maximum Gasteiger partial charge on any atom is 0.305 e. The van der Waals surface area contributed by atoms with Crippen molar-refractivity contribution in [3.8, 4) is 0 Å². The van der Waals surface area contributed by atoms with Crippen LogP contribution in [0.1, 0.15) is 73.1 Å². The molecule has 5 heteroatoms. The number of carbonyl (C=O) groups excluding carboxylic acids is 1. The predicted molar refractivity (Wildman–Crippen MR) is 100 cm³/mol. The molecule has 2 fully saturated rings. The maximum absolute atomic E-state index is 11.5. The monoisotopic (exact) mass is 370 g/mol. The second kappa shape index (κ2) is 7.40. The Morgan fingerprint density at radius 1 is 1.27 bits per heavy atom. The molecule has 0 spiro atoms. The molecule has 0 aromatic heterocycles. The van der Waals surface area contributed by atoms with Crippen LogP contribution in [0.5, 0.6) is 0 Å². The first-order valence-corrected chi connectivity index (χ1v) is 10.1. The summed E-state index contributed by atoms with van der Waals surface area (Å²) in [5.41, 5.74) is -1.80. The summed E-state index contributed by atoms with van der Waals surface area (Å²) in [6.45, 7) is 10.4. The molecule has 0 bridgehead atoms. The number of esters is 1. The summed E-state index contributed by atoms with van der Waals surface area (Å²) in [4.78, 5) is 11.5. The number of rotatable bonds is 5. The molecule has 5 nitrogen and oxygen atoms in total. The van der Waals surface area contributed by atoms with Crippen molar-refractivity contribution in [2.45, 2.75) is 91.0 Å². The van der Waals surface area contributed by atoms with Crippen LogP contribution in [0.25, 0.3) is 0 Å². The third-order valence-electron chi connectivity index (χ3n) is 8.28. The Hall–Kier alpha value is -0.650. The molecule has 2 saturated carbocycles. The molecular weight excluding hydrogens is 332 g/mol. The number of ether oxygens (including phenoxy) is 1. The highest BCUT2D eigenvalue weighted by atomic mass is 16.5. The summed E-state index contributed by atoms with van der Waals surface area (Å²) in [5.74, 6) is 0.643. The lowest BCUT2D eigenvalue weighted by molar-refractivity contribution is -0.264. The van der Waals surface area contributed by atoms with Crippen molar-refractivity contribution in [2.75, 3.05) is 7.11 Å².